The number of aryl methyl sites for hydroxylation is 1. The molecule has 0 saturated carbocycles. The van der Waals surface area contributed by atoms with Gasteiger partial charge in [-0.2, -0.15) is 0 Å². The summed E-state index contributed by atoms with van der Waals surface area (Å²) < 4.78 is 5.50. The highest BCUT2D eigenvalue weighted by Crippen LogP contribution is 2.19. The number of pyridine rings is 1. The number of hydrogen-bond acceptors (Lipinski definition) is 3. The molecule has 0 aliphatic rings. The Balaban J connectivity index is 2.13. The van der Waals surface area contributed by atoms with Gasteiger partial charge in [0, 0.05) is 17.8 Å². The van der Waals surface area contributed by atoms with E-state index in [9.17, 15) is 4.79 Å². The SMILES string of the molecule is Cc1ccc(Oc2ccc(C(N)=O)cc2)nc1. The molecule has 0 unspecified atom stereocenters. The zero-order valence-corrected chi connectivity index (χ0v) is 9.38. The number of nitrogens with zero attached hydrogens (tertiary/aromatic N) is 1. The maximum Gasteiger partial charge on any atom is 0.248 e. The highest BCUT2D eigenvalue weighted by Gasteiger charge is 2.01. The molecule has 2 N–H and O–H groups in total. The first-order valence-electron chi connectivity index (χ1n) is 5.15. The molecule has 1 amide bonds. The first-order chi connectivity index (χ1) is 8.15. The van der Waals surface area contributed by atoms with Crippen LogP contribution >= 0.6 is 0 Å². The molecular formula is C13H12N2O2. The molecule has 0 bridgehead atoms. The molecule has 4 nitrogen and oxygen atoms in total. The average molecular weight is 228 g/mol. The van der Waals surface area contributed by atoms with E-state index in [2.05, 4.69) is 4.98 Å². The van der Waals surface area contributed by atoms with Gasteiger partial charge in [-0.25, -0.2) is 4.98 Å². The normalized spacial score (nSPS) is 9.94. The lowest BCUT2D eigenvalue weighted by molar-refractivity contribution is 0.100. The Morgan fingerprint density at radius 2 is 1.88 bits per heavy atom. The summed E-state index contributed by atoms with van der Waals surface area (Å²) in [6.07, 6.45) is 1.73. The molecule has 4 heteroatoms. The minimum absolute atomic E-state index is 0.453. The lowest BCUT2D eigenvalue weighted by atomic mass is 10.2. The van der Waals surface area contributed by atoms with Crippen LogP contribution in [0.4, 0.5) is 0 Å². The molecule has 1 aromatic carbocycles. The van der Waals surface area contributed by atoms with Crippen LogP contribution in [0.3, 0.4) is 0 Å². The topological polar surface area (TPSA) is 65.2 Å². The van der Waals surface area contributed by atoms with Crippen LogP contribution < -0.4 is 10.5 Å². The van der Waals surface area contributed by atoms with Gasteiger partial charge in [-0.05, 0) is 36.8 Å². The molecule has 0 spiro atoms. The molecule has 0 aliphatic heterocycles. The molecule has 0 saturated heterocycles. The van der Waals surface area contributed by atoms with Gasteiger partial charge in [0.05, 0.1) is 0 Å². The van der Waals surface area contributed by atoms with Crippen LogP contribution in [0.5, 0.6) is 11.6 Å². The summed E-state index contributed by atoms with van der Waals surface area (Å²) in [5, 5.41) is 0. The van der Waals surface area contributed by atoms with Crippen molar-refractivity contribution in [3.05, 3.63) is 53.7 Å². The van der Waals surface area contributed by atoms with E-state index < -0.39 is 5.91 Å². The molecule has 86 valence electrons. The minimum Gasteiger partial charge on any atom is -0.439 e. The van der Waals surface area contributed by atoms with Gasteiger partial charge < -0.3 is 10.5 Å². The first-order valence-corrected chi connectivity index (χ1v) is 5.15. The summed E-state index contributed by atoms with van der Waals surface area (Å²) in [6, 6.07) is 10.3. The molecular weight excluding hydrogens is 216 g/mol. The molecule has 0 aliphatic carbocycles. The van der Waals surface area contributed by atoms with E-state index in [0.717, 1.165) is 5.56 Å². The lowest BCUT2D eigenvalue weighted by Crippen LogP contribution is -2.10. The number of hydrogen-bond donors (Lipinski definition) is 1. The summed E-state index contributed by atoms with van der Waals surface area (Å²) in [7, 11) is 0. The quantitative estimate of drug-likeness (QED) is 0.876. The van der Waals surface area contributed by atoms with Crippen molar-refractivity contribution in [3.8, 4) is 11.6 Å². The molecule has 0 fully saturated rings. The highest BCUT2D eigenvalue weighted by molar-refractivity contribution is 5.92. The Kier molecular flexibility index (Phi) is 3.05. The van der Waals surface area contributed by atoms with Gasteiger partial charge in [-0.1, -0.05) is 6.07 Å². The second kappa shape index (κ2) is 4.65. The number of aromatic nitrogens is 1. The van der Waals surface area contributed by atoms with Gasteiger partial charge in [0.2, 0.25) is 11.8 Å². The number of nitrogens with two attached hydrogens (primary N) is 1. The number of amides is 1. The third-order valence-corrected chi connectivity index (χ3v) is 2.25. The molecule has 0 atom stereocenters. The molecule has 2 aromatic rings. The van der Waals surface area contributed by atoms with Gasteiger partial charge in [-0.15, -0.1) is 0 Å². The van der Waals surface area contributed by atoms with E-state index in [0.29, 0.717) is 17.2 Å². The van der Waals surface area contributed by atoms with Crippen LogP contribution in [0.1, 0.15) is 15.9 Å². The molecule has 1 heterocycles. The number of ether oxygens (including phenoxy) is 1. The summed E-state index contributed by atoms with van der Waals surface area (Å²) in [5.74, 6) is 0.679. The molecule has 0 radical (unpaired) electrons. The van der Waals surface area contributed by atoms with Crippen molar-refractivity contribution < 1.29 is 9.53 Å². The maximum atomic E-state index is 10.9. The lowest BCUT2D eigenvalue weighted by Gasteiger charge is -2.04. The summed E-state index contributed by atoms with van der Waals surface area (Å²) in [5.41, 5.74) is 6.66. The second-order valence-electron chi connectivity index (χ2n) is 3.66. The predicted octanol–water partition coefficient (Wildman–Crippen LogP) is 2.28. The fraction of sp³-hybridized carbons (Fsp3) is 0.0769. The van der Waals surface area contributed by atoms with Crippen molar-refractivity contribution in [2.24, 2.45) is 5.73 Å². The van der Waals surface area contributed by atoms with E-state index in [1.807, 2.05) is 13.0 Å². The van der Waals surface area contributed by atoms with Gasteiger partial charge in [0.15, 0.2) is 0 Å². The Labute approximate surface area is 99.1 Å². The summed E-state index contributed by atoms with van der Waals surface area (Å²) in [4.78, 5) is 15.0. The molecule has 17 heavy (non-hydrogen) atoms. The van der Waals surface area contributed by atoms with Gasteiger partial charge in [0.25, 0.3) is 0 Å². The Morgan fingerprint density at radius 3 is 2.41 bits per heavy atom. The van der Waals surface area contributed by atoms with Crippen molar-refractivity contribution in [2.45, 2.75) is 6.92 Å². The monoisotopic (exact) mass is 228 g/mol. The number of benzene rings is 1. The maximum absolute atomic E-state index is 10.9. The van der Waals surface area contributed by atoms with Gasteiger partial charge in [0.1, 0.15) is 5.75 Å². The van der Waals surface area contributed by atoms with Crippen LogP contribution in [-0.4, -0.2) is 10.9 Å². The minimum atomic E-state index is -0.454. The Bertz CT molecular complexity index is 518. The average Bonchev–Trinajstić information content (AvgIpc) is 2.33. The first kappa shape index (κ1) is 11.1. The van der Waals surface area contributed by atoms with Crippen LogP contribution in [0, 0.1) is 6.92 Å². The number of carbonyl (C=O) groups is 1. The standard InChI is InChI=1S/C13H12N2O2/c1-9-2-7-12(15-8-9)17-11-5-3-10(4-6-11)13(14)16/h2-8H,1H3,(H2,14,16). The van der Waals surface area contributed by atoms with E-state index in [1.165, 1.54) is 0 Å². The largest absolute Gasteiger partial charge is 0.439 e. The molecule has 2 rings (SSSR count). The van der Waals surface area contributed by atoms with E-state index in [-0.39, 0.29) is 0 Å². The van der Waals surface area contributed by atoms with Crippen molar-refractivity contribution in [1.29, 1.82) is 0 Å². The Hall–Kier alpha value is -2.36. The third-order valence-electron chi connectivity index (χ3n) is 2.25. The second-order valence-corrected chi connectivity index (χ2v) is 3.66. The number of rotatable bonds is 3. The summed E-state index contributed by atoms with van der Waals surface area (Å²) >= 11 is 0. The fourth-order valence-electron chi connectivity index (χ4n) is 1.32. The van der Waals surface area contributed by atoms with Crippen molar-refractivity contribution >= 4 is 5.91 Å². The van der Waals surface area contributed by atoms with Crippen LogP contribution in [0.2, 0.25) is 0 Å². The van der Waals surface area contributed by atoms with Crippen LogP contribution in [0.25, 0.3) is 0 Å². The van der Waals surface area contributed by atoms with E-state index >= 15 is 0 Å². The zero-order valence-electron chi connectivity index (χ0n) is 9.38. The van der Waals surface area contributed by atoms with Crippen LogP contribution in [-0.2, 0) is 0 Å². The van der Waals surface area contributed by atoms with E-state index in [1.54, 1.807) is 36.5 Å². The van der Waals surface area contributed by atoms with Crippen molar-refractivity contribution in [3.63, 3.8) is 0 Å². The van der Waals surface area contributed by atoms with Crippen LogP contribution in [0.15, 0.2) is 42.6 Å². The highest BCUT2D eigenvalue weighted by atomic mass is 16.5. The van der Waals surface area contributed by atoms with Gasteiger partial charge in [-0.3, -0.25) is 4.79 Å². The fourth-order valence-corrected chi connectivity index (χ4v) is 1.32. The van der Waals surface area contributed by atoms with Crippen molar-refractivity contribution in [2.75, 3.05) is 0 Å². The Morgan fingerprint density at radius 1 is 1.18 bits per heavy atom. The third kappa shape index (κ3) is 2.81. The summed E-state index contributed by atoms with van der Waals surface area (Å²) in [6.45, 7) is 1.96. The smallest absolute Gasteiger partial charge is 0.248 e. The van der Waals surface area contributed by atoms with Crippen molar-refractivity contribution in [1.82, 2.24) is 4.98 Å². The molecule has 1 aromatic heterocycles. The zero-order chi connectivity index (χ0) is 12.3. The number of carbonyl (C=O) groups excluding carboxylic acids is 1. The van der Waals surface area contributed by atoms with Gasteiger partial charge >= 0.3 is 0 Å². The predicted molar refractivity (Wildman–Crippen MR) is 64.0 cm³/mol. The van der Waals surface area contributed by atoms with E-state index in [4.69, 9.17) is 10.5 Å². The number of primary amides is 1.